The molecule has 0 spiro atoms. The van der Waals surface area contributed by atoms with Crippen LogP contribution in [-0.4, -0.2) is 30.7 Å². The standard InChI is InChI=1S/C9H8N6O3/c10-9(13-16)6-1-2-11-8(3-6)14-5-7(4-12-14)15(17)18/h1-5,16H,(H2,10,13). The van der Waals surface area contributed by atoms with Crippen molar-refractivity contribution in [3.05, 3.63) is 46.4 Å². The van der Waals surface area contributed by atoms with Crippen LogP contribution in [0.25, 0.3) is 5.82 Å². The highest BCUT2D eigenvalue weighted by molar-refractivity contribution is 5.97. The van der Waals surface area contributed by atoms with Crippen LogP contribution in [0.2, 0.25) is 0 Å². The molecular formula is C9H8N6O3. The fourth-order valence-corrected chi connectivity index (χ4v) is 1.29. The van der Waals surface area contributed by atoms with Crippen molar-refractivity contribution in [3.63, 3.8) is 0 Å². The molecule has 0 aromatic carbocycles. The Labute approximate surface area is 100 Å². The number of nitrogens with zero attached hydrogens (tertiary/aromatic N) is 5. The van der Waals surface area contributed by atoms with Crippen molar-refractivity contribution in [2.45, 2.75) is 0 Å². The van der Waals surface area contributed by atoms with Crippen molar-refractivity contribution in [3.8, 4) is 5.82 Å². The third kappa shape index (κ3) is 2.09. The summed E-state index contributed by atoms with van der Waals surface area (Å²) in [6.07, 6.45) is 3.76. The summed E-state index contributed by atoms with van der Waals surface area (Å²) in [5.74, 6) is 0.243. The Morgan fingerprint density at radius 2 is 2.39 bits per heavy atom. The largest absolute Gasteiger partial charge is 0.409 e. The Morgan fingerprint density at radius 3 is 3.00 bits per heavy atom. The van der Waals surface area contributed by atoms with Gasteiger partial charge in [-0.05, 0) is 12.1 Å². The smallest absolute Gasteiger partial charge is 0.307 e. The molecule has 0 aliphatic rings. The Morgan fingerprint density at radius 1 is 1.61 bits per heavy atom. The molecule has 0 aliphatic carbocycles. The zero-order valence-electron chi connectivity index (χ0n) is 8.96. The number of rotatable bonds is 3. The first-order valence-corrected chi connectivity index (χ1v) is 4.75. The van der Waals surface area contributed by atoms with Gasteiger partial charge in [-0.2, -0.15) is 5.10 Å². The predicted octanol–water partition coefficient (Wildman–Crippen LogP) is 0.270. The topological polar surface area (TPSA) is 132 Å². The number of nitro groups is 1. The average Bonchev–Trinajstić information content (AvgIpc) is 2.88. The third-order valence-corrected chi connectivity index (χ3v) is 2.16. The van der Waals surface area contributed by atoms with Crippen LogP contribution >= 0.6 is 0 Å². The van der Waals surface area contributed by atoms with Crippen LogP contribution in [0.5, 0.6) is 0 Å². The molecule has 9 nitrogen and oxygen atoms in total. The molecule has 0 aliphatic heterocycles. The van der Waals surface area contributed by atoms with Crippen molar-refractivity contribution in [2.24, 2.45) is 10.9 Å². The second-order valence-electron chi connectivity index (χ2n) is 3.29. The Balaban J connectivity index is 2.41. The highest BCUT2D eigenvalue weighted by Crippen LogP contribution is 2.12. The molecule has 0 saturated carbocycles. The lowest BCUT2D eigenvalue weighted by Gasteiger charge is -2.02. The second-order valence-corrected chi connectivity index (χ2v) is 3.29. The van der Waals surface area contributed by atoms with Crippen LogP contribution in [0.15, 0.2) is 35.9 Å². The lowest BCUT2D eigenvalue weighted by atomic mass is 10.2. The molecule has 0 amide bonds. The minimum Gasteiger partial charge on any atom is -0.409 e. The van der Waals surface area contributed by atoms with E-state index in [0.29, 0.717) is 11.4 Å². The van der Waals surface area contributed by atoms with E-state index in [0.717, 1.165) is 6.20 Å². The molecule has 2 aromatic rings. The van der Waals surface area contributed by atoms with E-state index in [1.807, 2.05) is 0 Å². The highest BCUT2D eigenvalue weighted by Gasteiger charge is 2.11. The summed E-state index contributed by atoms with van der Waals surface area (Å²) >= 11 is 0. The van der Waals surface area contributed by atoms with E-state index in [9.17, 15) is 10.1 Å². The third-order valence-electron chi connectivity index (χ3n) is 2.16. The molecule has 92 valence electrons. The normalized spacial score (nSPS) is 11.4. The summed E-state index contributed by atoms with van der Waals surface area (Å²) < 4.78 is 1.23. The molecule has 0 saturated heterocycles. The van der Waals surface area contributed by atoms with E-state index < -0.39 is 4.92 Å². The summed E-state index contributed by atoms with van der Waals surface area (Å²) in [5.41, 5.74) is 5.71. The minimum atomic E-state index is -0.559. The van der Waals surface area contributed by atoms with Gasteiger partial charge in [-0.25, -0.2) is 9.67 Å². The lowest BCUT2D eigenvalue weighted by molar-refractivity contribution is -0.384. The highest BCUT2D eigenvalue weighted by atomic mass is 16.6. The quantitative estimate of drug-likeness (QED) is 0.263. The van der Waals surface area contributed by atoms with Crippen LogP contribution in [-0.2, 0) is 0 Å². The summed E-state index contributed by atoms with van der Waals surface area (Å²) in [6, 6.07) is 3.03. The van der Waals surface area contributed by atoms with Crippen LogP contribution in [0.4, 0.5) is 5.69 Å². The first-order chi connectivity index (χ1) is 8.61. The van der Waals surface area contributed by atoms with Crippen LogP contribution in [0.1, 0.15) is 5.56 Å². The van der Waals surface area contributed by atoms with Gasteiger partial charge >= 0.3 is 5.69 Å². The molecule has 2 rings (SSSR count). The molecule has 2 heterocycles. The first kappa shape index (κ1) is 11.5. The van der Waals surface area contributed by atoms with Gasteiger partial charge in [0.25, 0.3) is 0 Å². The molecule has 0 atom stereocenters. The van der Waals surface area contributed by atoms with E-state index in [2.05, 4.69) is 15.2 Å². The average molecular weight is 248 g/mol. The molecule has 0 unspecified atom stereocenters. The summed E-state index contributed by atoms with van der Waals surface area (Å²) in [5, 5.41) is 25.7. The molecular weight excluding hydrogens is 240 g/mol. The maximum Gasteiger partial charge on any atom is 0.307 e. The predicted molar refractivity (Wildman–Crippen MR) is 60.5 cm³/mol. The van der Waals surface area contributed by atoms with Crippen LogP contribution in [0, 0.1) is 10.1 Å². The maximum atomic E-state index is 10.5. The molecule has 9 heteroatoms. The Hall–Kier alpha value is -2.97. The van der Waals surface area contributed by atoms with Crippen molar-refractivity contribution in [1.82, 2.24) is 14.8 Å². The van der Waals surface area contributed by atoms with Gasteiger partial charge in [0, 0.05) is 11.8 Å². The molecule has 0 radical (unpaired) electrons. The Kier molecular flexibility index (Phi) is 2.87. The number of hydrogen-bond acceptors (Lipinski definition) is 6. The van der Waals surface area contributed by atoms with Gasteiger partial charge < -0.3 is 10.9 Å². The van der Waals surface area contributed by atoms with E-state index in [1.54, 1.807) is 0 Å². The molecule has 3 N–H and O–H groups in total. The van der Waals surface area contributed by atoms with E-state index in [4.69, 9.17) is 10.9 Å². The molecule has 2 aromatic heterocycles. The van der Waals surface area contributed by atoms with Gasteiger partial charge in [-0.3, -0.25) is 10.1 Å². The van der Waals surface area contributed by atoms with Crippen LogP contribution < -0.4 is 5.73 Å². The molecule has 0 bridgehead atoms. The van der Waals surface area contributed by atoms with Gasteiger partial charge in [0.15, 0.2) is 11.7 Å². The van der Waals surface area contributed by atoms with Crippen molar-refractivity contribution < 1.29 is 10.1 Å². The van der Waals surface area contributed by atoms with Gasteiger partial charge in [0.05, 0.1) is 4.92 Å². The van der Waals surface area contributed by atoms with Crippen molar-refractivity contribution in [1.29, 1.82) is 0 Å². The number of amidine groups is 1. The fraction of sp³-hybridized carbons (Fsp3) is 0. The summed E-state index contributed by atoms with van der Waals surface area (Å²) in [6.45, 7) is 0. The number of pyridine rings is 1. The number of nitrogens with two attached hydrogens (primary N) is 1. The van der Waals surface area contributed by atoms with E-state index in [1.165, 1.54) is 29.2 Å². The van der Waals surface area contributed by atoms with E-state index in [-0.39, 0.29) is 11.5 Å². The Bertz CT molecular complexity index is 620. The summed E-state index contributed by atoms with van der Waals surface area (Å²) in [4.78, 5) is 14.0. The fourth-order valence-electron chi connectivity index (χ4n) is 1.29. The number of hydrogen-bond donors (Lipinski definition) is 2. The number of oxime groups is 1. The maximum absolute atomic E-state index is 10.5. The van der Waals surface area contributed by atoms with Crippen molar-refractivity contribution in [2.75, 3.05) is 0 Å². The zero-order valence-corrected chi connectivity index (χ0v) is 8.96. The summed E-state index contributed by atoms with van der Waals surface area (Å²) in [7, 11) is 0. The SMILES string of the molecule is N/C(=N/O)c1ccnc(-n2cc([N+](=O)[O-])cn2)c1. The van der Waals surface area contributed by atoms with Gasteiger partial charge in [-0.15, -0.1) is 0 Å². The zero-order chi connectivity index (χ0) is 13.1. The van der Waals surface area contributed by atoms with Gasteiger partial charge in [0.2, 0.25) is 0 Å². The lowest BCUT2D eigenvalue weighted by Crippen LogP contribution is -2.14. The number of aromatic nitrogens is 3. The monoisotopic (exact) mass is 248 g/mol. The second kappa shape index (κ2) is 4.49. The molecule has 18 heavy (non-hydrogen) atoms. The van der Waals surface area contributed by atoms with E-state index >= 15 is 0 Å². The minimum absolute atomic E-state index is 0.0831. The van der Waals surface area contributed by atoms with Crippen LogP contribution in [0.3, 0.4) is 0 Å². The molecule has 0 fully saturated rings. The van der Waals surface area contributed by atoms with Gasteiger partial charge in [0.1, 0.15) is 12.4 Å². The first-order valence-electron chi connectivity index (χ1n) is 4.75. The van der Waals surface area contributed by atoms with Gasteiger partial charge in [-0.1, -0.05) is 5.16 Å². The van der Waals surface area contributed by atoms with Crippen molar-refractivity contribution >= 4 is 11.5 Å².